The summed E-state index contributed by atoms with van der Waals surface area (Å²) < 4.78 is 5.55. The Bertz CT molecular complexity index is 430. The number of hydrogen-bond acceptors (Lipinski definition) is 4. The van der Waals surface area contributed by atoms with Crippen LogP contribution in [0.3, 0.4) is 0 Å². The van der Waals surface area contributed by atoms with Crippen LogP contribution >= 0.6 is 31.9 Å². The summed E-state index contributed by atoms with van der Waals surface area (Å²) in [6.45, 7) is 2.05. The molecule has 7 heteroatoms. The van der Waals surface area contributed by atoms with Gasteiger partial charge in [-0.05, 0) is 38.8 Å². The Hall–Kier alpha value is -0.690. The Morgan fingerprint density at radius 2 is 2.13 bits per heavy atom. The first kappa shape index (κ1) is 12.4. The number of esters is 1. The molecule has 0 fully saturated rings. The van der Waals surface area contributed by atoms with Crippen molar-refractivity contribution < 1.29 is 9.53 Å². The summed E-state index contributed by atoms with van der Waals surface area (Å²) in [7, 11) is 0. The van der Waals surface area contributed by atoms with Crippen molar-refractivity contribution in [3.8, 4) is 0 Å². The lowest BCUT2D eigenvalue weighted by molar-refractivity contribution is -0.142. The maximum atomic E-state index is 11.2. The molecular weight excluding hydrogens is 332 g/mol. The second kappa shape index (κ2) is 5.41. The fraction of sp³-hybridized carbons (Fsp3) is 0.375. The highest BCUT2D eigenvalue weighted by atomic mass is 79.9. The molecule has 0 saturated heterocycles. The minimum absolute atomic E-state index is 0.0177. The lowest BCUT2D eigenvalue weighted by atomic mass is 10.3. The van der Waals surface area contributed by atoms with E-state index in [2.05, 4.69) is 42.1 Å². The molecule has 0 bridgehead atoms. The number of hydrogen-bond donors (Lipinski definition) is 1. The van der Waals surface area contributed by atoms with Gasteiger partial charge in [0.15, 0.2) is 0 Å². The zero-order valence-corrected chi connectivity index (χ0v) is 11.0. The van der Waals surface area contributed by atoms with Gasteiger partial charge in [0, 0.05) is 0 Å². The third-order valence-electron chi connectivity index (χ3n) is 1.55. The van der Waals surface area contributed by atoms with E-state index in [9.17, 15) is 9.59 Å². The van der Waals surface area contributed by atoms with Crippen LogP contribution in [0.4, 0.5) is 0 Å². The number of carbonyl (C=O) groups is 1. The molecular formula is C8H8Br2N2O3. The third-order valence-corrected chi connectivity index (χ3v) is 3.70. The van der Waals surface area contributed by atoms with Crippen LogP contribution in [-0.4, -0.2) is 22.8 Å². The van der Waals surface area contributed by atoms with Gasteiger partial charge in [-0.1, -0.05) is 0 Å². The lowest BCUT2D eigenvalue weighted by Crippen LogP contribution is -2.16. The molecule has 0 radical (unpaired) electrons. The quantitative estimate of drug-likeness (QED) is 0.845. The number of nitrogens with one attached hydrogen (secondary N) is 1. The maximum absolute atomic E-state index is 11.2. The highest BCUT2D eigenvalue weighted by Gasteiger charge is 2.13. The Morgan fingerprint density at radius 3 is 2.73 bits per heavy atom. The van der Waals surface area contributed by atoms with Crippen LogP contribution < -0.4 is 5.56 Å². The van der Waals surface area contributed by atoms with Gasteiger partial charge >= 0.3 is 5.97 Å². The zero-order chi connectivity index (χ0) is 11.4. The molecule has 0 aliphatic rings. The first-order valence-electron chi connectivity index (χ1n) is 4.14. The van der Waals surface area contributed by atoms with Crippen molar-refractivity contribution in [2.75, 3.05) is 6.61 Å². The number of ether oxygens (including phenoxy) is 1. The van der Waals surface area contributed by atoms with Gasteiger partial charge < -0.3 is 4.74 Å². The molecule has 82 valence electrons. The van der Waals surface area contributed by atoms with E-state index in [-0.39, 0.29) is 17.9 Å². The largest absolute Gasteiger partial charge is 0.466 e. The average molecular weight is 340 g/mol. The monoisotopic (exact) mass is 338 g/mol. The molecule has 0 aliphatic carbocycles. The second-order valence-electron chi connectivity index (χ2n) is 2.61. The van der Waals surface area contributed by atoms with Crippen molar-refractivity contribution in [3.05, 3.63) is 25.0 Å². The first-order valence-corrected chi connectivity index (χ1v) is 5.73. The highest BCUT2D eigenvalue weighted by molar-refractivity contribution is 9.13. The molecule has 0 aromatic carbocycles. The predicted octanol–water partition coefficient (Wildman–Crippen LogP) is 1.40. The van der Waals surface area contributed by atoms with Gasteiger partial charge in [-0.2, -0.15) is 5.10 Å². The average Bonchev–Trinajstić information content (AvgIpc) is 2.20. The zero-order valence-electron chi connectivity index (χ0n) is 7.84. The van der Waals surface area contributed by atoms with Crippen molar-refractivity contribution in [2.45, 2.75) is 13.3 Å². The van der Waals surface area contributed by atoms with Crippen molar-refractivity contribution in [1.82, 2.24) is 10.2 Å². The smallest absolute Gasteiger partial charge is 0.311 e. The molecule has 1 N–H and O–H groups in total. The van der Waals surface area contributed by atoms with Crippen molar-refractivity contribution in [2.24, 2.45) is 0 Å². The topological polar surface area (TPSA) is 72.0 Å². The molecule has 0 spiro atoms. The number of nitrogens with zero attached hydrogens (tertiary/aromatic N) is 1. The van der Waals surface area contributed by atoms with Crippen LogP contribution in [0.25, 0.3) is 0 Å². The Morgan fingerprint density at radius 1 is 1.47 bits per heavy atom. The molecule has 1 rings (SSSR count). The van der Waals surface area contributed by atoms with Gasteiger partial charge in [-0.15, -0.1) is 0 Å². The van der Waals surface area contributed by atoms with Crippen LogP contribution in [-0.2, 0) is 16.0 Å². The fourth-order valence-electron chi connectivity index (χ4n) is 0.909. The van der Waals surface area contributed by atoms with E-state index in [1.54, 1.807) is 6.92 Å². The first-order chi connectivity index (χ1) is 7.06. The number of aromatic nitrogens is 2. The number of halogens is 2. The molecule has 0 atom stereocenters. The molecule has 15 heavy (non-hydrogen) atoms. The maximum Gasteiger partial charge on any atom is 0.311 e. The molecule has 5 nitrogen and oxygen atoms in total. The third kappa shape index (κ3) is 3.13. The SMILES string of the molecule is CCOC(=O)Cc1n[nH]c(=O)c(Br)c1Br. The minimum atomic E-state index is -0.385. The van der Waals surface area contributed by atoms with Gasteiger partial charge in [0.25, 0.3) is 5.56 Å². The van der Waals surface area contributed by atoms with Gasteiger partial charge in [-0.25, -0.2) is 5.10 Å². The van der Waals surface area contributed by atoms with Crippen LogP contribution in [0.1, 0.15) is 12.6 Å². The van der Waals surface area contributed by atoms with Crippen LogP contribution in [0, 0.1) is 0 Å². The summed E-state index contributed by atoms with van der Waals surface area (Å²) >= 11 is 6.25. The van der Waals surface area contributed by atoms with Crippen molar-refractivity contribution in [3.63, 3.8) is 0 Å². The Kier molecular flexibility index (Phi) is 4.46. The van der Waals surface area contributed by atoms with Crippen LogP contribution in [0.5, 0.6) is 0 Å². The minimum Gasteiger partial charge on any atom is -0.466 e. The van der Waals surface area contributed by atoms with E-state index in [1.807, 2.05) is 0 Å². The Balaban J connectivity index is 2.92. The van der Waals surface area contributed by atoms with E-state index in [4.69, 9.17) is 4.74 Å². The molecule has 0 unspecified atom stereocenters. The predicted molar refractivity (Wildman–Crippen MR) is 60.6 cm³/mol. The Labute approximate surface area is 102 Å². The number of H-pyrrole nitrogens is 1. The van der Waals surface area contributed by atoms with E-state index in [0.29, 0.717) is 21.2 Å². The van der Waals surface area contributed by atoms with Crippen LogP contribution in [0.15, 0.2) is 13.7 Å². The van der Waals surface area contributed by atoms with Gasteiger partial charge in [0.05, 0.1) is 23.2 Å². The van der Waals surface area contributed by atoms with Crippen molar-refractivity contribution >= 4 is 37.8 Å². The molecule has 0 amide bonds. The van der Waals surface area contributed by atoms with Gasteiger partial charge in [0.2, 0.25) is 0 Å². The summed E-state index contributed by atoms with van der Waals surface area (Å²) in [5.74, 6) is -0.385. The molecule has 0 aliphatic heterocycles. The molecule has 1 heterocycles. The molecule has 0 saturated carbocycles. The summed E-state index contributed by atoms with van der Waals surface area (Å²) in [6.07, 6.45) is 0.0177. The number of carbonyl (C=O) groups excluding carboxylic acids is 1. The summed E-state index contributed by atoms with van der Waals surface area (Å²) in [5.41, 5.74) is 0.0782. The summed E-state index contributed by atoms with van der Waals surface area (Å²) in [4.78, 5) is 22.3. The van der Waals surface area contributed by atoms with Gasteiger partial charge in [-0.3, -0.25) is 9.59 Å². The van der Waals surface area contributed by atoms with Gasteiger partial charge in [0.1, 0.15) is 4.47 Å². The van der Waals surface area contributed by atoms with E-state index in [0.717, 1.165) is 0 Å². The van der Waals surface area contributed by atoms with E-state index in [1.165, 1.54) is 0 Å². The number of aromatic amines is 1. The van der Waals surface area contributed by atoms with E-state index < -0.39 is 0 Å². The van der Waals surface area contributed by atoms with Crippen molar-refractivity contribution in [1.29, 1.82) is 0 Å². The molecule has 1 aromatic heterocycles. The molecule has 1 aromatic rings. The standard InChI is InChI=1S/C8H8Br2N2O3/c1-2-15-5(13)3-4-6(9)7(10)8(14)12-11-4/h2-3H2,1H3,(H,12,14). The normalized spacial score (nSPS) is 10.1. The lowest BCUT2D eigenvalue weighted by Gasteiger charge is -2.03. The van der Waals surface area contributed by atoms with Crippen LogP contribution in [0.2, 0.25) is 0 Å². The summed E-state index contributed by atoms with van der Waals surface area (Å²) in [6, 6.07) is 0. The fourth-order valence-corrected chi connectivity index (χ4v) is 1.64. The second-order valence-corrected chi connectivity index (χ2v) is 4.20. The van der Waals surface area contributed by atoms with E-state index >= 15 is 0 Å². The summed E-state index contributed by atoms with van der Waals surface area (Å²) in [5, 5.41) is 6.01. The number of rotatable bonds is 3. The highest BCUT2D eigenvalue weighted by Crippen LogP contribution is 2.21.